The number of nitrogens with zero attached hydrogens (tertiary/aromatic N) is 2. The molecule has 0 radical (unpaired) electrons. The maximum atomic E-state index is 12.8. The summed E-state index contributed by atoms with van der Waals surface area (Å²) < 4.78 is 12.4. The Balaban J connectivity index is 1.22. The first-order valence-electron chi connectivity index (χ1n) is 11.2. The Morgan fingerprint density at radius 3 is 2.43 bits per heavy atom. The van der Waals surface area contributed by atoms with Crippen LogP contribution in [-0.4, -0.2) is 58.2 Å². The summed E-state index contributed by atoms with van der Waals surface area (Å²) in [6, 6.07) is 15.5. The van der Waals surface area contributed by atoms with Gasteiger partial charge in [-0.25, -0.2) is 9.59 Å². The molecule has 0 bridgehead atoms. The summed E-state index contributed by atoms with van der Waals surface area (Å²) in [5.41, 5.74) is 4.26. The van der Waals surface area contributed by atoms with E-state index in [0.717, 1.165) is 22.3 Å². The summed E-state index contributed by atoms with van der Waals surface area (Å²) in [6.07, 6.45) is 0.177. The number of aryl methyl sites for hydroxylation is 1. The quantitative estimate of drug-likeness (QED) is 0.498. The van der Waals surface area contributed by atoms with Crippen LogP contribution >= 0.6 is 0 Å². The Bertz CT molecular complexity index is 1260. The first kappa shape index (κ1) is 22.6. The molecule has 1 saturated heterocycles. The van der Waals surface area contributed by atoms with Crippen molar-refractivity contribution in [1.82, 2.24) is 15.1 Å². The predicted molar refractivity (Wildman–Crippen MR) is 125 cm³/mol. The number of hydrogen-bond donors (Lipinski definition) is 3. The van der Waals surface area contributed by atoms with E-state index >= 15 is 0 Å². The SMILES string of the molecule is Cn1cc(NC(=O)[C@@H]2OCC[C@@H]2NC(=O)OCC2c3ccccc3-c3ccccc32)c(C(=O)O)n1. The second-order valence-electron chi connectivity index (χ2n) is 8.52. The normalized spacial score (nSPS) is 18.5. The third-order valence-electron chi connectivity index (χ3n) is 6.29. The first-order chi connectivity index (χ1) is 16.9. The fourth-order valence-corrected chi connectivity index (χ4v) is 4.73. The summed E-state index contributed by atoms with van der Waals surface area (Å²) in [6.45, 7) is 0.424. The van der Waals surface area contributed by atoms with Crippen molar-refractivity contribution in [3.8, 4) is 11.1 Å². The van der Waals surface area contributed by atoms with E-state index in [1.54, 1.807) is 7.05 Å². The average Bonchev–Trinajstić information content (AvgIpc) is 3.53. The van der Waals surface area contributed by atoms with Gasteiger partial charge in [0.05, 0.1) is 11.7 Å². The number of alkyl carbamates (subject to hydrolysis) is 1. The molecule has 0 spiro atoms. The smallest absolute Gasteiger partial charge is 0.407 e. The van der Waals surface area contributed by atoms with E-state index in [2.05, 4.69) is 27.9 Å². The van der Waals surface area contributed by atoms with E-state index < -0.39 is 30.1 Å². The molecular weight excluding hydrogens is 452 g/mol. The van der Waals surface area contributed by atoms with Crippen LogP contribution in [0.15, 0.2) is 54.7 Å². The van der Waals surface area contributed by atoms with E-state index in [0.29, 0.717) is 6.42 Å². The van der Waals surface area contributed by atoms with Crippen LogP contribution in [0.3, 0.4) is 0 Å². The zero-order chi connectivity index (χ0) is 24.5. The maximum Gasteiger partial charge on any atom is 0.407 e. The first-order valence-corrected chi connectivity index (χ1v) is 11.2. The number of aromatic nitrogens is 2. The Hall–Kier alpha value is -4.18. The van der Waals surface area contributed by atoms with Crippen molar-refractivity contribution >= 4 is 23.7 Å². The highest BCUT2D eigenvalue weighted by atomic mass is 16.6. The summed E-state index contributed by atoms with van der Waals surface area (Å²) in [7, 11) is 1.55. The number of hydrogen-bond acceptors (Lipinski definition) is 6. The average molecular weight is 476 g/mol. The standard InChI is InChI=1S/C25H24N4O6/c1-29-12-20(21(28-29)24(31)32)26-23(30)22-19(10-11-34-22)27-25(33)35-13-18-16-8-4-2-6-14(16)15-7-3-5-9-17(15)18/h2-9,12,18-19,22H,10-11,13H2,1H3,(H,26,30)(H,27,33)(H,31,32)/t19-,22+/m0/s1. The van der Waals surface area contributed by atoms with E-state index in [1.165, 1.54) is 10.9 Å². The Labute approximate surface area is 200 Å². The molecular formula is C25H24N4O6. The van der Waals surface area contributed by atoms with Crippen molar-refractivity contribution in [2.45, 2.75) is 24.5 Å². The molecule has 3 aromatic rings. The monoisotopic (exact) mass is 476 g/mol. The van der Waals surface area contributed by atoms with Crippen molar-refractivity contribution in [1.29, 1.82) is 0 Å². The van der Waals surface area contributed by atoms with Gasteiger partial charge in [0.1, 0.15) is 6.61 Å². The van der Waals surface area contributed by atoms with Gasteiger partial charge < -0.3 is 25.2 Å². The van der Waals surface area contributed by atoms with E-state index in [9.17, 15) is 19.5 Å². The molecule has 2 atom stereocenters. The van der Waals surface area contributed by atoms with Gasteiger partial charge in [0.15, 0.2) is 11.8 Å². The number of nitrogens with one attached hydrogen (secondary N) is 2. The molecule has 10 nitrogen and oxygen atoms in total. The van der Waals surface area contributed by atoms with Crippen LogP contribution in [0.5, 0.6) is 0 Å². The topological polar surface area (TPSA) is 132 Å². The Kier molecular flexibility index (Phi) is 5.96. The van der Waals surface area contributed by atoms with Gasteiger partial charge in [-0.05, 0) is 28.7 Å². The molecule has 2 aliphatic rings. The number of carboxylic acid groups (broad SMARTS) is 1. The van der Waals surface area contributed by atoms with Crippen molar-refractivity contribution in [2.75, 3.05) is 18.5 Å². The number of benzene rings is 2. The Morgan fingerprint density at radius 2 is 1.77 bits per heavy atom. The largest absolute Gasteiger partial charge is 0.476 e. The van der Waals surface area contributed by atoms with Gasteiger partial charge in [-0.1, -0.05) is 48.5 Å². The lowest BCUT2D eigenvalue weighted by Crippen LogP contribution is -2.46. The zero-order valence-corrected chi connectivity index (χ0v) is 18.9. The minimum atomic E-state index is -1.26. The van der Waals surface area contributed by atoms with Gasteiger partial charge in [0.2, 0.25) is 0 Å². The van der Waals surface area contributed by atoms with Crippen LogP contribution in [0.4, 0.5) is 10.5 Å². The number of amides is 2. The highest BCUT2D eigenvalue weighted by Gasteiger charge is 2.37. The summed E-state index contributed by atoms with van der Waals surface area (Å²) in [4.78, 5) is 36.8. The lowest BCUT2D eigenvalue weighted by atomic mass is 9.98. The molecule has 1 aliphatic heterocycles. The fraction of sp³-hybridized carbons (Fsp3) is 0.280. The molecule has 2 amide bonds. The second-order valence-corrected chi connectivity index (χ2v) is 8.52. The number of carbonyl (C=O) groups is 3. The van der Waals surface area contributed by atoms with Crippen LogP contribution in [0.1, 0.15) is 34.0 Å². The van der Waals surface area contributed by atoms with Crippen LogP contribution in [-0.2, 0) is 21.3 Å². The van der Waals surface area contributed by atoms with Gasteiger partial charge in [-0.15, -0.1) is 0 Å². The number of anilines is 1. The number of carbonyl (C=O) groups excluding carboxylic acids is 2. The van der Waals surface area contributed by atoms with Crippen molar-refractivity contribution in [3.63, 3.8) is 0 Å². The second kappa shape index (κ2) is 9.22. The molecule has 0 unspecified atom stereocenters. The third kappa shape index (κ3) is 4.35. The van der Waals surface area contributed by atoms with Crippen molar-refractivity contribution in [3.05, 3.63) is 71.5 Å². The van der Waals surface area contributed by atoms with Crippen LogP contribution in [0.25, 0.3) is 11.1 Å². The fourth-order valence-electron chi connectivity index (χ4n) is 4.73. The van der Waals surface area contributed by atoms with Crippen LogP contribution in [0, 0.1) is 0 Å². The van der Waals surface area contributed by atoms with Crippen molar-refractivity contribution in [2.24, 2.45) is 7.05 Å². The molecule has 0 saturated carbocycles. The van der Waals surface area contributed by atoms with E-state index in [1.807, 2.05) is 36.4 Å². The molecule has 2 heterocycles. The summed E-state index contributed by atoms with van der Waals surface area (Å²) in [5, 5.41) is 18.4. The summed E-state index contributed by atoms with van der Waals surface area (Å²) >= 11 is 0. The number of ether oxygens (including phenoxy) is 2. The number of aromatic carboxylic acids is 1. The van der Waals surface area contributed by atoms with Crippen LogP contribution < -0.4 is 10.6 Å². The molecule has 1 aromatic heterocycles. The molecule has 1 aliphatic carbocycles. The van der Waals surface area contributed by atoms with E-state index in [-0.39, 0.29) is 30.5 Å². The van der Waals surface area contributed by atoms with Gasteiger partial charge >= 0.3 is 12.1 Å². The van der Waals surface area contributed by atoms with E-state index in [4.69, 9.17) is 9.47 Å². The number of fused-ring (bicyclic) bond motifs is 3. The third-order valence-corrected chi connectivity index (χ3v) is 6.29. The minimum absolute atomic E-state index is 0.0559. The van der Waals surface area contributed by atoms with Gasteiger partial charge in [-0.3, -0.25) is 9.48 Å². The Morgan fingerprint density at radius 1 is 1.11 bits per heavy atom. The minimum Gasteiger partial charge on any atom is -0.476 e. The highest BCUT2D eigenvalue weighted by Crippen LogP contribution is 2.44. The lowest BCUT2D eigenvalue weighted by Gasteiger charge is -2.20. The molecule has 2 aromatic carbocycles. The molecule has 5 rings (SSSR count). The number of carboxylic acids is 1. The van der Waals surface area contributed by atoms with Gasteiger partial charge in [0, 0.05) is 25.8 Å². The number of rotatable bonds is 6. The molecule has 180 valence electrons. The van der Waals surface area contributed by atoms with Crippen molar-refractivity contribution < 1.29 is 29.0 Å². The molecule has 1 fully saturated rings. The molecule has 10 heteroatoms. The zero-order valence-electron chi connectivity index (χ0n) is 18.9. The molecule has 35 heavy (non-hydrogen) atoms. The summed E-state index contributed by atoms with van der Waals surface area (Å²) in [5.74, 6) is -1.91. The predicted octanol–water partition coefficient (Wildman–Crippen LogP) is 2.75. The lowest BCUT2D eigenvalue weighted by molar-refractivity contribution is -0.125. The van der Waals surface area contributed by atoms with Gasteiger partial charge in [-0.2, -0.15) is 5.10 Å². The molecule has 3 N–H and O–H groups in total. The highest BCUT2D eigenvalue weighted by molar-refractivity contribution is 6.01. The maximum absolute atomic E-state index is 12.8. The van der Waals surface area contributed by atoms with Crippen LogP contribution in [0.2, 0.25) is 0 Å². The van der Waals surface area contributed by atoms with Gasteiger partial charge in [0.25, 0.3) is 5.91 Å².